The summed E-state index contributed by atoms with van der Waals surface area (Å²) < 4.78 is 23.2. The third-order valence-electron chi connectivity index (χ3n) is 3.16. The average molecular weight is 327 g/mol. The Hall–Kier alpha value is -3.22. The maximum Gasteiger partial charge on any atom is 0.255 e. The molecule has 0 atom stereocenters. The molecule has 3 rings (SSSR count). The van der Waals surface area contributed by atoms with Gasteiger partial charge in [0.2, 0.25) is 11.7 Å². The summed E-state index contributed by atoms with van der Waals surface area (Å²) in [7, 11) is 0. The van der Waals surface area contributed by atoms with Crippen LogP contribution in [-0.4, -0.2) is 16.0 Å². The number of hydrogen-bond donors (Lipinski definition) is 1. The number of carbonyl (C=O) groups is 1. The third kappa shape index (κ3) is 3.95. The number of hydrogen-bond acceptors (Lipinski definition) is 5. The predicted molar refractivity (Wildman–Crippen MR) is 84.2 cm³/mol. The molecular weight excluding hydrogens is 313 g/mol. The number of aryl methyl sites for hydroxylation is 1. The number of nitrogens with one attached hydrogen (secondary N) is 1. The fourth-order valence-corrected chi connectivity index (χ4v) is 1.99. The van der Waals surface area contributed by atoms with Crippen molar-refractivity contribution in [3.8, 4) is 5.75 Å². The molecule has 0 saturated heterocycles. The molecule has 0 fully saturated rings. The van der Waals surface area contributed by atoms with E-state index in [1.807, 2.05) is 0 Å². The van der Waals surface area contributed by atoms with Crippen molar-refractivity contribution in [1.29, 1.82) is 0 Å². The Morgan fingerprint density at radius 1 is 1.17 bits per heavy atom. The first-order valence-electron chi connectivity index (χ1n) is 7.19. The van der Waals surface area contributed by atoms with E-state index in [1.54, 1.807) is 31.2 Å². The Morgan fingerprint density at radius 2 is 1.88 bits per heavy atom. The summed E-state index contributed by atoms with van der Waals surface area (Å²) in [6.07, 6.45) is 0. The van der Waals surface area contributed by atoms with Crippen LogP contribution >= 0.6 is 0 Å². The van der Waals surface area contributed by atoms with Gasteiger partial charge < -0.3 is 14.6 Å². The molecule has 1 amide bonds. The van der Waals surface area contributed by atoms with Gasteiger partial charge in [0.1, 0.15) is 11.6 Å². The van der Waals surface area contributed by atoms with Crippen LogP contribution in [0, 0.1) is 12.7 Å². The topological polar surface area (TPSA) is 77.2 Å². The fourth-order valence-electron chi connectivity index (χ4n) is 1.99. The fraction of sp³-hybridized carbons (Fsp3) is 0.118. The first-order chi connectivity index (χ1) is 11.6. The highest BCUT2D eigenvalue weighted by atomic mass is 19.1. The second kappa shape index (κ2) is 6.91. The highest BCUT2D eigenvalue weighted by molar-refractivity contribution is 6.04. The van der Waals surface area contributed by atoms with Gasteiger partial charge in [-0.1, -0.05) is 5.16 Å². The van der Waals surface area contributed by atoms with E-state index in [-0.39, 0.29) is 18.3 Å². The normalized spacial score (nSPS) is 10.4. The highest BCUT2D eigenvalue weighted by Crippen LogP contribution is 2.15. The zero-order valence-electron chi connectivity index (χ0n) is 12.8. The van der Waals surface area contributed by atoms with Crippen molar-refractivity contribution < 1.29 is 18.4 Å². The van der Waals surface area contributed by atoms with Gasteiger partial charge in [-0.05, 0) is 48.5 Å². The summed E-state index contributed by atoms with van der Waals surface area (Å²) >= 11 is 0. The van der Waals surface area contributed by atoms with Gasteiger partial charge in [0, 0.05) is 18.2 Å². The van der Waals surface area contributed by atoms with Crippen LogP contribution in [0.3, 0.4) is 0 Å². The van der Waals surface area contributed by atoms with E-state index in [4.69, 9.17) is 9.26 Å². The Morgan fingerprint density at radius 3 is 2.50 bits per heavy atom. The standard InChI is InChI=1S/C17H14FN3O3/c1-11-19-16(21-24-11)10-23-15-8-2-12(3-9-15)17(22)20-14-6-4-13(18)5-7-14/h2-9H,10H2,1H3,(H,20,22). The molecule has 1 aromatic heterocycles. The lowest BCUT2D eigenvalue weighted by molar-refractivity contribution is 0.102. The lowest BCUT2D eigenvalue weighted by Crippen LogP contribution is -2.11. The summed E-state index contributed by atoms with van der Waals surface area (Å²) in [5.74, 6) is 0.857. The van der Waals surface area contributed by atoms with Gasteiger partial charge in [-0.25, -0.2) is 4.39 Å². The molecule has 0 spiro atoms. The molecule has 0 aliphatic carbocycles. The summed E-state index contributed by atoms with van der Waals surface area (Å²) in [5.41, 5.74) is 0.983. The second-order valence-electron chi connectivity index (χ2n) is 5.00. The van der Waals surface area contributed by atoms with Gasteiger partial charge >= 0.3 is 0 Å². The van der Waals surface area contributed by atoms with Crippen molar-refractivity contribution in [2.75, 3.05) is 5.32 Å². The molecular formula is C17H14FN3O3. The molecule has 0 aliphatic heterocycles. The lowest BCUT2D eigenvalue weighted by atomic mass is 10.2. The highest BCUT2D eigenvalue weighted by Gasteiger charge is 2.07. The number of aromatic nitrogens is 2. The van der Waals surface area contributed by atoms with E-state index < -0.39 is 0 Å². The molecule has 7 heteroatoms. The molecule has 0 unspecified atom stereocenters. The summed E-state index contributed by atoms with van der Waals surface area (Å²) in [4.78, 5) is 16.1. The van der Waals surface area contributed by atoms with Crippen LogP contribution in [0.15, 0.2) is 53.1 Å². The van der Waals surface area contributed by atoms with Crippen molar-refractivity contribution in [1.82, 2.24) is 10.1 Å². The van der Waals surface area contributed by atoms with Crippen LogP contribution < -0.4 is 10.1 Å². The molecule has 1 N–H and O–H groups in total. The van der Waals surface area contributed by atoms with Crippen molar-refractivity contribution in [3.63, 3.8) is 0 Å². The Kier molecular flexibility index (Phi) is 4.51. The quantitative estimate of drug-likeness (QED) is 0.777. The third-order valence-corrected chi connectivity index (χ3v) is 3.16. The van der Waals surface area contributed by atoms with Crippen LogP contribution in [0.2, 0.25) is 0 Å². The van der Waals surface area contributed by atoms with Crippen LogP contribution in [0.5, 0.6) is 5.75 Å². The number of rotatable bonds is 5. The number of benzene rings is 2. The summed E-state index contributed by atoms with van der Waals surface area (Å²) in [6, 6.07) is 12.2. The van der Waals surface area contributed by atoms with Crippen LogP contribution in [0.1, 0.15) is 22.1 Å². The minimum absolute atomic E-state index is 0.179. The number of nitrogens with zero attached hydrogens (tertiary/aromatic N) is 2. The van der Waals surface area contributed by atoms with E-state index in [0.717, 1.165) is 0 Å². The molecule has 3 aromatic rings. The molecule has 122 valence electrons. The number of anilines is 1. The molecule has 2 aromatic carbocycles. The van der Waals surface area contributed by atoms with Crippen molar-refractivity contribution >= 4 is 11.6 Å². The Bertz CT molecular complexity index is 829. The average Bonchev–Trinajstić information content (AvgIpc) is 3.01. The Labute approximate surface area is 137 Å². The van der Waals surface area contributed by atoms with Crippen molar-refractivity contribution in [2.45, 2.75) is 13.5 Å². The van der Waals surface area contributed by atoms with E-state index >= 15 is 0 Å². The number of halogens is 1. The van der Waals surface area contributed by atoms with Gasteiger partial charge in [0.05, 0.1) is 0 Å². The second-order valence-corrected chi connectivity index (χ2v) is 5.00. The van der Waals surface area contributed by atoms with E-state index in [9.17, 15) is 9.18 Å². The maximum atomic E-state index is 12.8. The minimum atomic E-state index is -0.355. The predicted octanol–water partition coefficient (Wildman–Crippen LogP) is 3.35. The number of carbonyl (C=O) groups excluding carboxylic acids is 1. The molecule has 0 saturated carbocycles. The largest absolute Gasteiger partial charge is 0.485 e. The van der Waals surface area contributed by atoms with Crippen LogP contribution in [-0.2, 0) is 6.61 Å². The zero-order valence-corrected chi connectivity index (χ0v) is 12.8. The lowest BCUT2D eigenvalue weighted by Gasteiger charge is -2.07. The first kappa shape index (κ1) is 15.7. The minimum Gasteiger partial charge on any atom is -0.485 e. The van der Waals surface area contributed by atoms with Gasteiger partial charge in [-0.15, -0.1) is 0 Å². The summed E-state index contributed by atoms with van der Waals surface area (Å²) in [6.45, 7) is 1.88. The molecule has 6 nitrogen and oxygen atoms in total. The van der Waals surface area contributed by atoms with Crippen LogP contribution in [0.4, 0.5) is 10.1 Å². The van der Waals surface area contributed by atoms with E-state index in [1.165, 1.54) is 24.3 Å². The van der Waals surface area contributed by atoms with E-state index in [2.05, 4.69) is 15.5 Å². The molecule has 24 heavy (non-hydrogen) atoms. The van der Waals surface area contributed by atoms with Gasteiger partial charge in [-0.2, -0.15) is 4.98 Å². The smallest absolute Gasteiger partial charge is 0.255 e. The molecule has 0 bridgehead atoms. The SMILES string of the molecule is Cc1nc(COc2ccc(C(=O)Nc3ccc(F)cc3)cc2)no1. The number of amides is 1. The van der Waals surface area contributed by atoms with Gasteiger partial charge in [0.25, 0.3) is 5.91 Å². The zero-order chi connectivity index (χ0) is 16.9. The first-order valence-corrected chi connectivity index (χ1v) is 7.19. The van der Waals surface area contributed by atoms with Crippen molar-refractivity contribution in [3.05, 3.63) is 71.6 Å². The monoisotopic (exact) mass is 327 g/mol. The van der Waals surface area contributed by atoms with Gasteiger partial charge in [0.15, 0.2) is 6.61 Å². The van der Waals surface area contributed by atoms with E-state index in [0.29, 0.717) is 28.7 Å². The van der Waals surface area contributed by atoms with Crippen LogP contribution in [0.25, 0.3) is 0 Å². The maximum absolute atomic E-state index is 12.8. The van der Waals surface area contributed by atoms with Gasteiger partial charge in [-0.3, -0.25) is 4.79 Å². The Balaban J connectivity index is 1.59. The molecule has 0 radical (unpaired) electrons. The summed E-state index contributed by atoms with van der Waals surface area (Å²) in [5, 5.41) is 6.41. The molecule has 0 aliphatic rings. The number of ether oxygens (including phenoxy) is 1. The van der Waals surface area contributed by atoms with Crippen molar-refractivity contribution in [2.24, 2.45) is 0 Å². The molecule has 1 heterocycles.